The molecule has 0 spiro atoms. The fourth-order valence-electron chi connectivity index (χ4n) is 11.6. The SMILES string of the molecule is CCCCCCCCOC[C@@H](CN(C)C)OCCCCCCO[C@H]1CC[C@@]2(C)C(=CC[C@H]3[C@@H]4CC[C@H]([C@H](C)CCCC(C)C)[C@@]4(C)CC[C@@H]32)C1. The maximum Gasteiger partial charge on any atom is 0.0934 e. The number of nitrogens with zero attached hydrogens (tertiary/aromatic N) is 1. The van der Waals surface area contributed by atoms with Crippen LogP contribution >= 0.6 is 0 Å². The van der Waals surface area contributed by atoms with Crippen LogP contribution in [0.2, 0.25) is 0 Å². The molecule has 0 amide bonds. The first-order valence-electron chi connectivity index (χ1n) is 22.2. The van der Waals surface area contributed by atoms with Gasteiger partial charge in [0, 0.05) is 26.4 Å². The summed E-state index contributed by atoms with van der Waals surface area (Å²) >= 11 is 0. The summed E-state index contributed by atoms with van der Waals surface area (Å²) in [5.41, 5.74) is 2.78. The number of hydrogen-bond acceptors (Lipinski definition) is 4. The summed E-state index contributed by atoms with van der Waals surface area (Å²) in [6.45, 7) is 19.4. The lowest BCUT2D eigenvalue weighted by Crippen LogP contribution is -2.51. The van der Waals surface area contributed by atoms with Gasteiger partial charge in [0.1, 0.15) is 0 Å². The third-order valence-corrected chi connectivity index (χ3v) is 14.5. The summed E-state index contributed by atoms with van der Waals surface area (Å²) in [5, 5.41) is 0. The molecule has 0 aromatic rings. The van der Waals surface area contributed by atoms with Gasteiger partial charge in [0.15, 0.2) is 0 Å². The molecule has 0 aliphatic heterocycles. The van der Waals surface area contributed by atoms with Gasteiger partial charge >= 0.3 is 0 Å². The summed E-state index contributed by atoms with van der Waals surface area (Å²) in [6.07, 6.45) is 31.4. The molecular weight excluding hydrogens is 615 g/mol. The first kappa shape index (κ1) is 42.3. The normalized spacial score (nSPS) is 32.1. The Morgan fingerprint density at radius 1 is 0.780 bits per heavy atom. The van der Waals surface area contributed by atoms with E-state index in [9.17, 15) is 0 Å². The van der Waals surface area contributed by atoms with E-state index in [4.69, 9.17) is 14.2 Å². The van der Waals surface area contributed by atoms with Crippen molar-refractivity contribution in [2.24, 2.45) is 46.3 Å². The van der Waals surface area contributed by atoms with Gasteiger partial charge in [-0.1, -0.05) is 117 Å². The molecule has 0 saturated heterocycles. The zero-order valence-corrected chi connectivity index (χ0v) is 34.8. The highest BCUT2D eigenvalue weighted by atomic mass is 16.5. The number of likely N-dealkylation sites (N-methyl/N-ethyl adjacent to an activating group) is 1. The molecule has 0 N–H and O–H groups in total. The minimum absolute atomic E-state index is 0.177. The topological polar surface area (TPSA) is 30.9 Å². The van der Waals surface area contributed by atoms with E-state index >= 15 is 0 Å². The van der Waals surface area contributed by atoms with Crippen LogP contribution in [0.4, 0.5) is 0 Å². The van der Waals surface area contributed by atoms with Crippen molar-refractivity contribution < 1.29 is 14.2 Å². The molecule has 9 atom stereocenters. The molecule has 0 bridgehead atoms. The summed E-state index contributed by atoms with van der Waals surface area (Å²) in [5.74, 6) is 5.48. The Kier molecular flexibility index (Phi) is 18.2. The zero-order chi connectivity index (χ0) is 36.0. The number of hydrogen-bond donors (Lipinski definition) is 0. The van der Waals surface area contributed by atoms with E-state index in [0.29, 0.717) is 16.9 Å². The van der Waals surface area contributed by atoms with Gasteiger partial charge in [0.2, 0.25) is 0 Å². The van der Waals surface area contributed by atoms with Gasteiger partial charge in [-0.05, 0) is 131 Å². The zero-order valence-electron chi connectivity index (χ0n) is 34.8. The Labute approximate surface area is 312 Å². The fraction of sp³-hybridized carbons (Fsp3) is 0.957. The van der Waals surface area contributed by atoms with Crippen LogP contribution in [0.1, 0.15) is 176 Å². The van der Waals surface area contributed by atoms with Crippen LogP contribution in [0.15, 0.2) is 11.6 Å². The van der Waals surface area contributed by atoms with E-state index in [1.165, 1.54) is 128 Å². The van der Waals surface area contributed by atoms with E-state index in [2.05, 4.69) is 66.6 Å². The van der Waals surface area contributed by atoms with E-state index < -0.39 is 0 Å². The van der Waals surface area contributed by atoms with Crippen LogP contribution in [0, 0.1) is 46.3 Å². The lowest BCUT2D eigenvalue weighted by Gasteiger charge is -2.58. The van der Waals surface area contributed by atoms with Gasteiger partial charge in [0.25, 0.3) is 0 Å². The molecule has 0 unspecified atom stereocenters. The van der Waals surface area contributed by atoms with E-state index in [-0.39, 0.29) is 6.10 Å². The van der Waals surface area contributed by atoms with Crippen molar-refractivity contribution in [2.45, 2.75) is 189 Å². The number of fused-ring (bicyclic) bond motifs is 5. The maximum absolute atomic E-state index is 6.57. The standard InChI is InChI=1S/C46H85NO3/c1-9-10-11-12-13-16-30-48-35-40(34-47(7)8)50-32-18-15-14-17-31-49-39-26-28-45(5)38(33-39)22-23-41-43-25-24-42(37(4)21-19-20-36(2)3)46(43,6)29-27-44(41)45/h22,36-37,39-44H,9-21,23-35H2,1-8H3/t37-,39+,40-,41+,42-,43+,44+,45+,46-/m1/s1. The number of allylic oxidation sites excluding steroid dienone is 1. The Hall–Kier alpha value is -0.420. The monoisotopic (exact) mass is 700 g/mol. The molecule has 0 aromatic heterocycles. The summed E-state index contributed by atoms with van der Waals surface area (Å²) in [4.78, 5) is 2.22. The highest BCUT2D eigenvalue weighted by Crippen LogP contribution is 2.67. The number of unbranched alkanes of at least 4 members (excludes halogenated alkanes) is 8. The van der Waals surface area contributed by atoms with Crippen molar-refractivity contribution in [3.63, 3.8) is 0 Å². The molecule has 0 heterocycles. The average molecular weight is 700 g/mol. The van der Waals surface area contributed by atoms with E-state index in [0.717, 1.165) is 74.9 Å². The molecule has 4 aliphatic rings. The van der Waals surface area contributed by atoms with Crippen LogP contribution in [0.25, 0.3) is 0 Å². The van der Waals surface area contributed by atoms with E-state index in [1.807, 2.05) is 0 Å². The lowest BCUT2D eigenvalue weighted by molar-refractivity contribution is -0.0641. The van der Waals surface area contributed by atoms with Crippen molar-refractivity contribution in [2.75, 3.05) is 47.1 Å². The average Bonchev–Trinajstić information content (AvgIpc) is 3.44. The molecule has 4 aliphatic carbocycles. The Bertz CT molecular complexity index is 963. The highest BCUT2D eigenvalue weighted by molar-refractivity contribution is 5.25. The predicted molar refractivity (Wildman–Crippen MR) is 214 cm³/mol. The molecule has 50 heavy (non-hydrogen) atoms. The summed E-state index contributed by atoms with van der Waals surface area (Å²) in [7, 11) is 4.26. The molecule has 0 radical (unpaired) electrons. The second-order valence-corrected chi connectivity index (χ2v) is 19.0. The van der Waals surface area contributed by atoms with Gasteiger partial charge < -0.3 is 19.1 Å². The third-order valence-electron chi connectivity index (χ3n) is 14.5. The highest BCUT2D eigenvalue weighted by Gasteiger charge is 2.59. The first-order valence-corrected chi connectivity index (χ1v) is 22.2. The van der Waals surface area contributed by atoms with Crippen LogP contribution in [0.5, 0.6) is 0 Å². The van der Waals surface area contributed by atoms with Gasteiger partial charge in [-0.2, -0.15) is 0 Å². The van der Waals surface area contributed by atoms with Crippen LogP contribution in [-0.2, 0) is 14.2 Å². The molecule has 4 rings (SSSR count). The van der Waals surface area contributed by atoms with Crippen molar-refractivity contribution in [3.05, 3.63) is 11.6 Å². The smallest absolute Gasteiger partial charge is 0.0934 e. The number of rotatable bonds is 25. The molecule has 292 valence electrons. The largest absolute Gasteiger partial charge is 0.379 e. The van der Waals surface area contributed by atoms with Gasteiger partial charge in [0.05, 0.1) is 18.8 Å². The van der Waals surface area contributed by atoms with Gasteiger partial charge in [-0.3, -0.25) is 0 Å². The third kappa shape index (κ3) is 12.0. The van der Waals surface area contributed by atoms with Gasteiger partial charge in [-0.25, -0.2) is 0 Å². The van der Waals surface area contributed by atoms with Gasteiger partial charge in [-0.15, -0.1) is 0 Å². The molecule has 3 saturated carbocycles. The second kappa shape index (κ2) is 21.5. The predicted octanol–water partition coefficient (Wildman–Crippen LogP) is 12.3. The van der Waals surface area contributed by atoms with Crippen molar-refractivity contribution in [1.29, 1.82) is 0 Å². The summed E-state index contributed by atoms with van der Waals surface area (Å²) < 4.78 is 18.9. The fourth-order valence-corrected chi connectivity index (χ4v) is 11.6. The minimum atomic E-state index is 0.177. The van der Waals surface area contributed by atoms with Crippen molar-refractivity contribution in [1.82, 2.24) is 4.90 Å². The first-order chi connectivity index (χ1) is 24.1. The summed E-state index contributed by atoms with van der Waals surface area (Å²) in [6, 6.07) is 0. The lowest BCUT2D eigenvalue weighted by atomic mass is 9.47. The van der Waals surface area contributed by atoms with Crippen LogP contribution < -0.4 is 0 Å². The molecule has 0 aromatic carbocycles. The molecule has 4 nitrogen and oxygen atoms in total. The molecular formula is C46H85NO3. The van der Waals surface area contributed by atoms with Crippen LogP contribution in [0.3, 0.4) is 0 Å². The Morgan fingerprint density at radius 2 is 1.50 bits per heavy atom. The van der Waals surface area contributed by atoms with Crippen LogP contribution in [-0.4, -0.2) is 64.2 Å². The Morgan fingerprint density at radius 3 is 2.24 bits per heavy atom. The molecule has 3 fully saturated rings. The Balaban J connectivity index is 1.11. The van der Waals surface area contributed by atoms with E-state index in [1.54, 1.807) is 5.57 Å². The maximum atomic E-state index is 6.57. The quantitative estimate of drug-likeness (QED) is 0.0701. The van der Waals surface area contributed by atoms with Crippen molar-refractivity contribution >= 4 is 0 Å². The second-order valence-electron chi connectivity index (χ2n) is 19.0. The molecule has 4 heteroatoms. The van der Waals surface area contributed by atoms with Crippen molar-refractivity contribution in [3.8, 4) is 0 Å². The number of ether oxygens (including phenoxy) is 3. The minimum Gasteiger partial charge on any atom is -0.379 e.